The van der Waals surface area contributed by atoms with Crippen LogP contribution in [0.1, 0.15) is 49.7 Å². The summed E-state index contributed by atoms with van der Waals surface area (Å²) in [5.41, 5.74) is 0.826. The number of nitrogens with one attached hydrogen (secondary N) is 1. The van der Waals surface area contributed by atoms with Crippen molar-refractivity contribution >= 4 is 17.3 Å². The highest BCUT2D eigenvalue weighted by molar-refractivity contribution is 6.30. The molecular weight excluding hydrogens is 314 g/mol. The van der Waals surface area contributed by atoms with Gasteiger partial charge in [-0.2, -0.15) is 4.98 Å². The van der Waals surface area contributed by atoms with Gasteiger partial charge >= 0.3 is 0 Å². The van der Waals surface area contributed by atoms with Crippen LogP contribution < -0.4 is 5.32 Å². The van der Waals surface area contributed by atoms with E-state index in [0.717, 1.165) is 61.3 Å². The zero-order chi connectivity index (χ0) is 15.7. The molecule has 6 heteroatoms. The van der Waals surface area contributed by atoms with Gasteiger partial charge in [-0.25, -0.2) is 0 Å². The van der Waals surface area contributed by atoms with E-state index in [0.29, 0.717) is 5.92 Å². The Balaban J connectivity index is 1.54. The van der Waals surface area contributed by atoms with Gasteiger partial charge in [0.2, 0.25) is 5.89 Å². The lowest BCUT2D eigenvalue weighted by Crippen LogP contribution is -2.43. The molecule has 1 aliphatic carbocycles. The standard InChI is InChI=1S/C17H20ClN3O2/c18-13-2-4-14(5-3-13)20-17(8-1-9-17)16-19-15(23-21-16)12-6-10-22-11-7-12/h2-5,12,20H,1,6-11H2. The summed E-state index contributed by atoms with van der Waals surface area (Å²) in [6.45, 7) is 1.55. The number of nitrogens with zero attached hydrogens (tertiary/aromatic N) is 2. The molecule has 2 fully saturated rings. The van der Waals surface area contributed by atoms with Gasteiger partial charge in [-0.1, -0.05) is 16.8 Å². The highest BCUT2D eigenvalue weighted by Crippen LogP contribution is 2.43. The Bertz CT molecular complexity index is 661. The highest BCUT2D eigenvalue weighted by Gasteiger charge is 2.43. The summed E-state index contributed by atoms with van der Waals surface area (Å²) >= 11 is 5.96. The maximum atomic E-state index is 5.96. The Kier molecular flexibility index (Phi) is 3.99. The van der Waals surface area contributed by atoms with Crippen LogP contribution in [0.5, 0.6) is 0 Å². The van der Waals surface area contributed by atoms with Gasteiger partial charge in [0, 0.05) is 29.8 Å². The van der Waals surface area contributed by atoms with Gasteiger partial charge in [-0.05, 0) is 56.4 Å². The fraction of sp³-hybridized carbons (Fsp3) is 0.529. The number of aromatic nitrogens is 2. The third-order valence-corrected chi connectivity index (χ3v) is 5.13. The average molecular weight is 334 g/mol. The van der Waals surface area contributed by atoms with Gasteiger partial charge in [-0.15, -0.1) is 0 Å². The van der Waals surface area contributed by atoms with Crippen molar-refractivity contribution in [1.82, 2.24) is 10.1 Å². The normalized spacial score (nSPS) is 20.9. The van der Waals surface area contributed by atoms with E-state index in [1.807, 2.05) is 24.3 Å². The molecule has 122 valence electrons. The first-order valence-corrected chi connectivity index (χ1v) is 8.59. The molecule has 2 aromatic rings. The lowest BCUT2D eigenvalue weighted by atomic mass is 9.76. The zero-order valence-electron chi connectivity index (χ0n) is 12.9. The van der Waals surface area contributed by atoms with Crippen LogP contribution in [0.15, 0.2) is 28.8 Å². The molecular formula is C17H20ClN3O2. The van der Waals surface area contributed by atoms with Crippen molar-refractivity contribution in [2.45, 2.75) is 43.6 Å². The van der Waals surface area contributed by atoms with E-state index in [4.69, 9.17) is 25.8 Å². The molecule has 1 saturated heterocycles. The molecule has 0 amide bonds. The maximum absolute atomic E-state index is 5.96. The van der Waals surface area contributed by atoms with Gasteiger partial charge in [0.15, 0.2) is 5.82 Å². The monoisotopic (exact) mass is 333 g/mol. The van der Waals surface area contributed by atoms with Crippen LogP contribution in [0, 0.1) is 0 Å². The summed E-state index contributed by atoms with van der Waals surface area (Å²) in [4.78, 5) is 4.72. The molecule has 1 aliphatic heterocycles. The molecule has 0 bridgehead atoms. The Morgan fingerprint density at radius 2 is 1.87 bits per heavy atom. The molecule has 2 heterocycles. The molecule has 5 nitrogen and oxygen atoms in total. The van der Waals surface area contributed by atoms with Crippen LogP contribution in [-0.2, 0) is 10.3 Å². The number of hydrogen-bond acceptors (Lipinski definition) is 5. The van der Waals surface area contributed by atoms with E-state index < -0.39 is 0 Å². The quantitative estimate of drug-likeness (QED) is 0.912. The van der Waals surface area contributed by atoms with Crippen molar-refractivity contribution in [2.75, 3.05) is 18.5 Å². The molecule has 0 atom stereocenters. The fourth-order valence-corrected chi connectivity index (χ4v) is 3.41. The van der Waals surface area contributed by atoms with Crippen LogP contribution in [-0.4, -0.2) is 23.4 Å². The number of halogens is 1. The molecule has 23 heavy (non-hydrogen) atoms. The lowest BCUT2D eigenvalue weighted by Gasteiger charge is -2.40. The predicted octanol–water partition coefficient (Wildman–Crippen LogP) is 4.11. The second-order valence-corrected chi connectivity index (χ2v) is 6.85. The number of benzene rings is 1. The summed E-state index contributed by atoms with van der Waals surface area (Å²) in [5, 5.41) is 8.60. The van der Waals surface area contributed by atoms with Gasteiger partial charge in [-0.3, -0.25) is 0 Å². The fourth-order valence-electron chi connectivity index (χ4n) is 3.28. The summed E-state index contributed by atoms with van der Waals surface area (Å²) in [7, 11) is 0. The SMILES string of the molecule is Clc1ccc(NC2(c3noc(C4CCOCC4)n3)CCC2)cc1. The largest absolute Gasteiger partial charge is 0.381 e. The second kappa shape index (κ2) is 6.13. The Labute approximate surface area is 140 Å². The highest BCUT2D eigenvalue weighted by atomic mass is 35.5. The summed E-state index contributed by atoms with van der Waals surface area (Å²) in [6.07, 6.45) is 5.12. The summed E-state index contributed by atoms with van der Waals surface area (Å²) < 4.78 is 11.0. The number of rotatable bonds is 4. The first kappa shape index (κ1) is 15.0. The van der Waals surface area contributed by atoms with E-state index in [1.54, 1.807) is 0 Å². The molecule has 1 saturated carbocycles. The Hall–Kier alpha value is -1.59. The lowest BCUT2D eigenvalue weighted by molar-refractivity contribution is 0.0778. The van der Waals surface area contributed by atoms with Crippen LogP contribution in [0.2, 0.25) is 5.02 Å². The first-order valence-electron chi connectivity index (χ1n) is 8.21. The number of ether oxygens (including phenoxy) is 1. The molecule has 0 spiro atoms. The average Bonchev–Trinajstić information content (AvgIpc) is 3.04. The van der Waals surface area contributed by atoms with E-state index >= 15 is 0 Å². The molecule has 2 aliphatic rings. The van der Waals surface area contributed by atoms with Crippen LogP contribution in [0.25, 0.3) is 0 Å². The van der Waals surface area contributed by atoms with Gasteiger partial charge in [0.1, 0.15) is 5.54 Å². The van der Waals surface area contributed by atoms with Gasteiger partial charge in [0.25, 0.3) is 0 Å². The smallest absolute Gasteiger partial charge is 0.230 e. The van der Waals surface area contributed by atoms with Crippen molar-refractivity contribution in [1.29, 1.82) is 0 Å². The van der Waals surface area contributed by atoms with Crippen molar-refractivity contribution in [3.63, 3.8) is 0 Å². The second-order valence-electron chi connectivity index (χ2n) is 6.41. The number of anilines is 1. The van der Waals surface area contributed by atoms with Gasteiger partial charge < -0.3 is 14.6 Å². The van der Waals surface area contributed by atoms with Crippen molar-refractivity contribution in [2.24, 2.45) is 0 Å². The third-order valence-electron chi connectivity index (χ3n) is 4.88. The molecule has 4 rings (SSSR count). The minimum atomic E-state index is -0.208. The van der Waals surface area contributed by atoms with Crippen molar-refractivity contribution < 1.29 is 9.26 Å². The summed E-state index contributed by atoms with van der Waals surface area (Å²) in [5.74, 6) is 1.87. The van der Waals surface area contributed by atoms with E-state index in [9.17, 15) is 0 Å². The first-order chi connectivity index (χ1) is 11.3. The van der Waals surface area contributed by atoms with Gasteiger partial charge in [0.05, 0.1) is 0 Å². The topological polar surface area (TPSA) is 60.2 Å². The zero-order valence-corrected chi connectivity index (χ0v) is 13.7. The Morgan fingerprint density at radius 1 is 1.13 bits per heavy atom. The van der Waals surface area contributed by atoms with Crippen LogP contribution >= 0.6 is 11.6 Å². The molecule has 0 radical (unpaired) electrons. The van der Waals surface area contributed by atoms with Crippen molar-refractivity contribution in [3.8, 4) is 0 Å². The van der Waals surface area contributed by atoms with E-state index in [-0.39, 0.29) is 5.54 Å². The Morgan fingerprint density at radius 3 is 2.52 bits per heavy atom. The van der Waals surface area contributed by atoms with Crippen LogP contribution in [0.4, 0.5) is 5.69 Å². The van der Waals surface area contributed by atoms with E-state index in [2.05, 4.69) is 10.5 Å². The summed E-state index contributed by atoms with van der Waals surface area (Å²) in [6, 6.07) is 7.75. The molecule has 1 aromatic carbocycles. The predicted molar refractivity (Wildman–Crippen MR) is 87.7 cm³/mol. The maximum Gasteiger partial charge on any atom is 0.230 e. The number of hydrogen-bond donors (Lipinski definition) is 1. The van der Waals surface area contributed by atoms with Crippen molar-refractivity contribution in [3.05, 3.63) is 41.0 Å². The molecule has 1 aromatic heterocycles. The minimum Gasteiger partial charge on any atom is -0.381 e. The van der Waals surface area contributed by atoms with Crippen LogP contribution in [0.3, 0.4) is 0 Å². The molecule has 1 N–H and O–H groups in total. The van der Waals surface area contributed by atoms with E-state index in [1.165, 1.54) is 6.42 Å². The molecule has 0 unspecified atom stereocenters. The third kappa shape index (κ3) is 2.95. The minimum absolute atomic E-state index is 0.208.